The van der Waals surface area contributed by atoms with Crippen LogP contribution in [0.25, 0.3) is 17.2 Å². The molecule has 2 aromatic rings. The third-order valence-corrected chi connectivity index (χ3v) is 5.12. The quantitative estimate of drug-likeness (QED) is 0.465. The standard InChI is InChI=1S/C23H23ClN2/c1-5-26-22-10-9-17(12-21(22)16(2)14-23(26,3)4)11-19(15-25)18-7-6-8-20(24)13-18/h6-14H,5H2,1-4H3/b19-11+. The van der Waals surface area contributed by atoms with Gasteiger partial charge in [0.15, 0.2) is 0 Å². The number of rotatable bonds is 3. The molecule has 2 nitrogen and oxygen atoms in total. The molecule has 1 aliphatic heterocycles. The molecular weight excluding hydrogens is 340 g/mol. The average molecular weight is 363 g/mol. The van der Waals surface area contributed by atoms with Crippen molar-refractivity contribution in [1.82, 2.24) is 0 Å². The first-order valence-electron chi connectivity index (χ1n) is 8.85. The fourth-order valence-corrected chi connectivity index (χ4v) is 3.96. The van der Waals surface area contributed by atoms with E-state index in [-0.39, 0.29) is 5.54 Å². The lowest BCUT2D eigenvalue weighted by Gasteiger charge is -2.42. The minimum atomic E-state index is 0.00178. The molecule has 1 aliphatic rings. The summed E-state index contributed by atoms with van der Waals surface area (Å²) >= 11 is 6.07. The maximum absolute atomic E-state index is 9.59. The Morgan fingerprint density at radius 3 is 2.65 bits per heavy atom. The number of nitrogens with zero attached hydrogens (tertiary/aromatic N) is 2. The normalized spacial score (nSPS) is 15.9. The summed E-state index contributed by atoms with van der Waals surface area (Å²) in [6, 6.07) is 16.1. The van der Waals surface area contributed by atoms with Crippen molar-refractivity contribution in [3.05, 3.63) is 70.3 Å². The highest BCUT2D eigenvalue weighted by molar-refractivity contribution is 6.30. The molecule has 0 N–H and O–H groups in total. The van der Waals surface area contributed by atoms with Crippen LogP contribution in [0.15, 0.2) is 48.5 Å². The van der Waals surface area contributed by atoms with E-state index in [4.69, 9.17) is 11.6 Å². The molecule has 3 heteroatoms. The van der Waals surface area contributed by atoms with Crippen molar-refractivity contribution >= 4 is 34.5 Å². The SMILES string of the molecule is CCN1c2ccc(/C=C(\C#N)c3cccc(Cl)c3)cc2C(C)=CC1(C)C. The van der Waals surface area contributed by atoms with E-state index in [0.29, 0.717) is 10.6 Å². The van der Waals surface area contributed by atoms with Crippen LogP contribution < -0.4 is 4.90 Å². The van der Waals surface area contributed by atoms with Gasteiger partial charge in [0.1, 0.15) is 0 Å². The van der Waals surface area contributed by atoms with Crippen LogP contribution in [0, 0.1) is 11.3 Å². The molecule has 0 bridgehead atoms. The number of anilines is 1. The van der Waals surface area contributed by atoms with Crippen molar-refractivity contribution in [1.29, 1.82) is 5.26 Å². The van der Waals surface area contributed by atoms with Crippen LogP contribution in [-0.2, 0) is 0 Å². The number of likely N-dealkylation sites (N-methyl/N-ethyl adjacent to an activating group) is 1. The molecule has 132 valence electrons. The molecule has 0 radical (unpaired) electrons. The molecule has 0 unspecified atom stereocenters. The number of halogens is 1. The Labute approximate surface area is 161 Å². The number of nitriles is 1. The van der Waals surface area contributed by atoms with Gasteiger partial charge in [-0.2, -0.15) is 5.26 Å². The van der Waals surface area contributed by atoms with E-state index in [1.807, 2.05) is 30.3 Å². The number of hydrogen-bond donors (Lipinski definition) is 0. The molecule has 0 aliphatic carbocycles. The molecule has 2 aromatic carbocycles. The van der Waals surface area contributed by atoms with Crippen LogP contribution in [0.3, 0.4) is 0 Å². The molecule has 26 heavy (non-hydrogen) atoms. The monoisotopic (exact) mass is 362 g/mol. The van der Waals surface area contributed by atoms with Crippen LogP contribution in [-0.4, -0.2) is 12.1 Å². The molecule has 0 amide bonds. The summed E-state index contributed by atoms with van der Waals surface area (Å²) in [7, 11) is 0. The summed E-state index contributed by atoms with van der Waals surface area (Å²) < 4.78 is 0. The number of benzene rings is 2. The highest BCUT2D eigenvalue weighted by atomic mass is 35.5. The van der Waals surface area contributed by atoms with E-state index in [0.717, 1.165) is 17.7 Å². The Balaban J connectivity index is 2.07. The number of allylic oxidation sites excluding steroid dienone is 2. The molecule has 0 fully saturated rings. The van der Waals surface area contributed by atoms with Crippen LogP contribution in [0.1, 0.15) is 44.4 Å². The van der Waals surface area contributed by atoms with Gasteiger partial charge in [0.2, 0.25) is 0 Å². The predicted octanol–water partition coefficient (Wildman–Crippen LogP) is 6.43. The Bertz CT molecular complexity index is 945. The van der Waals surface area contributed by atoms with Gasteiger partial charge in [-0.3, -0.25) is 0 Å². The molecule has 0 atom stereocenters. The Morgan fingerprint density at radius 2 is 2.00 bits per heavy atom. The fraction of sp³-hybridized carbons (Fsp3) is 0.261. The van der Waals surface area contributed by atoms with Gasteiger partial charge in [0, 0.05) is 22.8 Å². The average Bonchev–Trinajstić information content (AvgIpc) is 2.59. The first-order valence-corrected chi connectivity index (χ1v) is 9.23. The summed E-state index contributed by atoms with van der Waals surface area (Å²) in [6.07, 6.45) is 4.24. The molecule has 0 aromatic heterocycles. The van der Waals surface area contributed by atoms with Crippen molar-refractivity contribution in [2.75, 3.05) is 11.4 Å². The van der Waals surface area contributed by atoms with E-state index in [2.05, 4.69) is 62.9 Å². The van der Waals surface area contributed by atoms with E-state index < -0.39 is 0 Å². The van der Waals surface area contributed by atoms with Gasteiger partial charge in [-0.15, -0.1) is 0 Å². The predicted molar refractivity (Wildman–Crippen MR) is 112 cm³/mol. The second-order valence-electron chi connectivity index (χ2n) is 7.18. The van der Waals surface area contributed by atoms with E-state index in [9.17, 15) is 5.26 Å². The van der Waals surface area contributed by atoms with Gasteiger partial charge < -0.3 is 4.90 Å². The summed E-state index contributed by atoms with van der Waals surface area (Å²) in [6.45, 7) is 9.77. The highest BCUT2D eigenvalue weighted by Gasteiger charge is 2.29. The van der Waals surface area contributed by atoms with E-state index in [1.165, 1.54) is 16.8 Å². The van der Waals surface area contributed by atoms with Crippen molar-refractivity contribution in [3.8, 4) is 6.07 Å². The van der Waals surface area contributed by atoms with Crippen molar-refractivity contribution in [2.24, 2.45) is 0 Å². The lowest BCUT2D eigenvalue weighted by molar-refractivity contribution is 0.566. The van der Waals surface area contributed by atoms with Crippen LogP contribution in [0.4, 0.5) is 5.69 Å². The van der Waals surface area contributed by atoms with Gasteiger partial charge in [-0.25, -0.2) is 0 Å². The van der Waals surface area contributed by atoms with Gasteiger partial charge in [-0.1, -0.05) is 35.9 Å². The zero-order valence-corrected chi connectivity index (χ0v) is 16.4. The van der Waals surface area contributed by atoms with Crippen molar-refractivity contribution < 1.29 is 0 Å². The van der Waals surface area contributed by atoms with Crippen LogP contribution in [0.2, 0.25) is 5.02 Å². The fourth-order valence-electron chi connectivity index (χ4n) is 3.77. The second kappa shape index (κ2) is 7.02. The molecular formula is C23H23ClN2. The highest BCUT2D eigenvalue weighted by Crippen LogP contribution is 2.39. The lowest BCUT2D eigenvalue weighted by atomic mass is 9.88. The number of hydrogen-bond acceptors (Lipinski definition) is 2. The Hall–Kier alpha value is -2.50. The van der Waals surface area contributed by atoms with Gasteiger partial charge in [0.05, 0.1) is 17.2 Å². The largest absolute Gasteiger partial charge is 0.363 e. The molecule has 3 rings (SSSR count). The minimum absolute atomic E-state index is 0.00178. The third kappa shape index (κ3) is 3.41. The Morgan fingerprint density at radius 1 is 1.23 bits per heavy atom. The minimum Gasteiger partial charge on any atom is -0.363 e. The molecule has 0 saturated heterocycles. The first kappa shape index (κ1) is 18.3. The van der Waals surface area contributed by atoms with Gasteiger partial charge in [0.25, 0.3) is 0 Å². The summed E-state index contributed by atoms with van der Waals surface area (Å²) in [5.74, 6) is 0. The zero-order valence-electron chi connectivity index (χ0n) is 15.7. The first-order chi connectivity index (χ1) is 12.4. The van der Waals surface area contributed by atoms with Gasteiger partial charge >= 0.3 is 0 Å². The maximum Gasteiger partial charge on any atom is 0.0998 e. The maximum atomic E-state index is 9.59. The lowest BCUT2D eigenvalue weighted by Crippen LogP contribution is -2.44. The summed E-state index contributed by atoms with van der Waals surface area (Å²) in [5.41, 5.74) is 6.20. The second-order valence-corrected chi connectivity index (χ2v) is 7.62. The Kier molecular flexibility index (Phi) is 4.94. The van der Waals surface area contributed by atoms with Gasteiger partial charge in [-0.05, 0) is 74.7 Å². The van der Waals surface area contributed by atoms with Crippen molar-refractivity contribution in [2.45, 2.75) is 33.2 Å². The molecule has 0 spiro atoms. The van der Waals surface area contributed by atoms with E-state index >= 15 is 0 Å². The molecule has 0 saturated carbocycles. The summed E-state index contributed by atoms with van der Waals surface area (Å²) in [4.78, 5) is 2.41. The molecule has 1 heterocycles. The number of fused-ring (bicyclic) bond motifs is 1. The third-order valence-electron chi connectivity index (χ3n) is 4.88. The summed E-state index contributed by atoms with van der Waals surface area (Å²) in [5, 5.41) is 10.2. The topological polar surface area (TPSA) is 27.0 Å². The van der Waals surface area contributed by atoms with E-state index in [1.54, 1.807) is 0 Å². The van der Waals surface area contributed by atoms with Crippen LogP contribution in [0.5, 0.6) is 0 Å². The van der Waals surface area contributed by atoms with Crippen LogP contribution >= 0.6 is 11.6 Å². The smallest absolute Gasteiger partial charge is 0.0998 e. The zero-order chi connectivity index (χ0) is 18.9. The van der Waals surface area contributed by atoms with Crippen molar-refractivity contribution in [3.63, 3.8) is 0 Å².